The van der Waals surface area contributed by atoms with Gasteiger partial charge in [-0.15, -0.1) is 0 Å². The molecule has 0 radical (unpaired) electrons. The Balaban J connectivity index is 3.08. The molecule has 1 aromatic rings. The summed E-state index contributed by atoms with van der Waals surface area (Å²) in [5, 5.41) is 8.44. The minimum absolute atomic E-state index is 0.313. The van der Waals surface area contributed by atoms with Crippen LogP contribution in [0, 0.1) is 11.3 Å². The molecule has 0 bridgehead atoms. The molecule has 18 heavy (non-hydrogen) atoms. The quantitative estimate of drug-likeness (QED) is 0.622. The third-order valence-electron chi connectivity index (χ3n) is 1.84. The Morgan fingerprint density at radius 1 is 1.22 bits per heavy atom. The van der Waals surface area contributed by atoms with E-state index in [4.69, 9.17) is 5.26 Å². The fourth-order valence-corrected chi connectivity index (χ4v) is 1.13. The predicted molar refractivity (Wildman–Crippen MR) is 50.7 cm³/mol. The monoisotopic (exact) mass is 268 g/mol. The van der Waals surface area contributed by atoms with Gasteiger partial charge in [0.05, 0.1) is 23.7 Å². The normalized spacial score (nSPS) is 12.1. The zero-order chi connectivity index (χ0) is 14.0. The third kappa shape index (κ3) is 3.87. The van der Waals surface area contributed by atoms with Crippen molar-refractivity contribution in [3.8, 4) is 11.8 Å². The lowest BCUT2D eigenvalue weighted by Gasteiger charge is -2.18. The molecule has 0 N–H and O–H groups in total. The molecule has 0 amide bonds. The number of ether oxygens (including phenoxy) is 1. The van der Waals surface area contributed by atoms with Crippen LogP contribution in [0.2, 0.25) is 0 Å². The molecule has 1 rings (SSSR count). The van der Waals surface area contributed by atoms with E-state index in [1.54, 1.807) is 0 Å². The molecule has 0 saturated carbocycles. The van der Waals surface area contributed by atoms with Gasteiger partial charge < -0.3 is 17.7 Å². The Morgan fingerprint density at radius 2 is 1.83 bits per heavy atom. The van der Waals surface area contributed by atoms with E-state index in [1.807, 2.05) is 0 Å². The largest absolute Gasteiger partial charge is 0.521 e. The molecule has 0 aliphatic carbocycles. The van der Waals surface area contributed by atoms with Crippen LogP contribution in [0.3, 0.4) is 0 Å². The lowest BCUT2D eigenvalue weighted by molar-refractivity contribution is -0.138. The van der Waals surface area contributed by atoms with Crippen molar-refractivity contribution >= 4 is 6.98 Å². The minimum Gasteiger partial charge on any atom is -0.521 e. The molecule has 0 unspecified atom stereocenters. The lowest BCUT2D eigenvalue weighted by atomic mass is 9.95. The molecule has 1 aromatic carbocycles. The average molecular weight is 268 g/mol. The number of nitriles is 1. The van der Waals surface area contributed by atoms with E-state index in [0.29, 0.717) is 12.1 Å². The Labute approximate surface area is 97.8 Å². The van der Waals surface area contributed by atoms with Crippen LogP contribution >= 0.6 is 0 Å². The fraction of sp³-hybridized carbons (Fsp3) is 0.222. The summed E-state index contributed by atoms with van der Waals surface area (Å²) in [6, 6.07) is 3.56. The Morgan fingerprint density at radius 3 is 2.28 bits per heavy atom. The van der Waals surface area contributed by atoms with Crippen molar-refractivity contribution in [1.29, 1.82) is 5.26 Å². The highest BCUT2D eigenvalue weighted by molar-refractivity contribution is 6.58. The van der Waals surface area contributed by atoms with Crippen LogP contribution < -0.4 is 4.74 Å². The topological polar surface area (TPSA) is 33.0 Å². The Hall–Kier alpha value is -1.85. The maximum absolute atomic E-state index is 12.5. The second-order valence-corrected chi connectivity index (χ2v) is 3.34. The summed E-state index contributed by atoms with van der Waals surface area (Å²) in [6.45, 7) is -7.12. The molecule has 9 heteroatoms. The summed E-state index contributed by atoms with van der Waals surface area (Å²) in [6.07, 6.45) is -4.89. The second kappa shape index (κ2) is 4.80. The molecule has 2 nitrogen and oxygen atoms in total. The van der Waals surface area contributed by atoms with Crippen molar-refractivity contribution in [3.63, 3.8) is 0 Å². The van der Waals surface area contributed by atoms with Crippen molar-refractivity contribution in [3.05, 3.63) is 29.3 Å². The van der Waals surface area contributed by atoms with Crippen molar-refractivity contribution in [2.75, 3.05) is 6.51 Å². The second-order valence-electron chi connectivity index (χ2n) is 3.34. The zero-order valence-corrected chi connectivity index (χ0v) is 8.64. The number of rotatable bonds is 3. The minimum atomic E-state index is -5.35. The molecule has 0 aliphatic heterocycles. The maximum atomic E-state index is 12.5. The first-order valence-electron chi connectivity index (χ1n) is 4.58. The standard InChI is InChI=1S/C9H5BF6NO/c11-9(12,13)7-3-6(4-17)1-2-8(7)18-5-10(14,15)16/h1-3H,5H2/q-1. The van der Waals surface area contributed by atoms with Crippen LogP contribution in [0.5, 0.6) is 5.75 Å². The average Bonchev–Trinajstić information content (AvgIpc) is 2.24. The predicted octanol–water partition coefficient (Wildman–Crippen LogP) is 3.34. The van der Waals surface area contributed by atoms with Gasteiger partial charge in [0.1, 0.15) is 5.75 Å². The van der Waals surface area contributed by atoms with Crippen molar-refractivity contribution in [1.82, 2.24) is 0 Å². The SMILES string of the molecule is N#Cc1ccc(OC[B-](F)(F)F)c(C(F)(F)F)c1. The summed E-state index contributed by atoms with van der Waals surface area (Å²) in [4.78, 5) is 0. The number of hydrogen-bond donors (Lipinski definition) is 0. The van der Waals surface area contributed by atoms with Crippen LogP contribution in [0.25, 0.3) is 0 Å². The summed E-state index contributed by atoms with van der Waals surface area (Å²) < 4.78 is 77.4. The first kappa shape index (κ1) is 14.2. The molecule has 0 aromatic heterocycles. The van der Waals surface area contributed by atoms with Gasteiger partial charge in [-0.3, -0.25) is 0 Å². The highest BCUT2D eigenvalue weighted by Crippen LogP contribution is 2.37. The van der Waals surface area contributed by atoms with Crippen LogP contribution in [-0.2, 0) is 6.18 Å². The van der Waals surface area contributed by atoms with Gasteiger partial charge in [0.15, 0.2) is 0 Å². The highest BCUT2D eigenvalue weighted by atomic mass is 19.4. The van der Waals surface area contributed by atoms with E-state index in [9.17, 15) is 26.1 Å². The lowest BCUT2D eigenvalue weighted by Crippen LogP contribution is -2.27. The maximum Gasteiger partial charge on any atom is 0.515 e. The van der Waals surface area contributed by atoms with Gasteiger partial charge in [0, 0.05) is 0 Å². The van der Waals surface area contributed by atoms with Gasteiger partial charge in [-0.25, -0.2) is 0 Å². The van der Waals surface area contributed by atoms with Gasteiger partial charge >= 0.3 is 13.2 Å². The summed E-state index contributed by atoms with van der Waals surface area (Å²) >= 11 is 0. The van der Waals surface area contributed by atoms with E-state index in [2.05, 4.69) is 4.74 Å². The molecular weight excluding hydrogens is 263 g/mol. The molecule has 0 heterocycles. The summed E-state index contributed by atoms with van der Waals surface area (Å²) in [7, 11) is 0. The fourth-order valence-electron chi connectivity index (χ4n) is 1.13. The van der Waals surface area contributed by atoms with E-state index in [-0.39, 0.29) is 5.56 Å². The smallest absolute Gasteiger partial charge is 0.515 e. The van der Waals surface area contributed by atoms with Gasteiger partial charge in [-0.2, -0.15) is 18.4 Å². The van der Waals surface area contributed by atoms with E-state index in [1.165, 1.54) is 6.07 Å². The first-order chi connectivity index (χ1) is 8.13. The number of benzene rings is 1. The number of hydrogen-bond acceptors (Lipinski definition) is 2. The van der Waals surface area contributed by atoms with Crippen molar-refractivity contribution in [2.45, 2.75) is 6.18 Å². The molecule has 0 saturated heterocycles. The number of alkyl halides is 3. The number of halogens is 6. The molecular formula is C9H5BF6NO-. The highest BCUT2D eigenvalue weighted by Gasteiger charge is 2.35. The van der Waals surface area contributed by atoms with Crippen molar-refractivity contribution < 1.29 is 30.9 Å². The summed E-state index contributed by atoms with van der Waals surface area (Å²) in [5.74, 6) is -0.944. The van der Waals surface area contributed by atoms with Gasteiger partial charge in [-0.05, 0) is 18.2 Å². The summed E-state index contributed by atoms with van der Waals surface area (Å²) in [5.41, 5.74) is -1.71. The molecule has 98 valence electrons. The molecule has 0 spiro atoms. The van der Waals surface area contributed by atoms with Gasteiger partial charge in [-0.1, -0.05) is 0 Å². The van der Waals surface area contributed by atoms with E-state index < -0.39 is 31.0 Å². The van der Waals surface area contributed by atoms with Crippen LogP contribution in [0.15, 0.2) is 18.2 Å². The van der Waals surface area contributed by atoms with Crippen molar-refractivity contribution in [2.24, 2.45) is 0 Å². The molecule has 0 fully saturated rings. The van der Waals surface area contributed by atoms with Crippen LogP contribution in [0.1, 0.15) is 11.1 Å². The zero-order valence-electron chi connectivity index (χ0n) is 8.64. The molecule has 0 aliphatic rings. The van der Waals surface area contributed by atoms with Crippen LogP contribution in [-0.4, -0.2) is 13.5 Å². The van der Waals surface area contributed by atoms with Gasteiger partial charge in [0.25, 0.3) is 0 Å². The Bertz CT molecular complexity index is 475. The van der Waals surface area contributed by atoms with E-state index >= 15 is 0 Å². The third-order valence-corrected chi connectivity index (χ3v) is 1.84. The van der Waals surface area contributed by atoms with E-state index in [0.717, 1.165) is 6.07 Å². The molecule has 0 atom stereocenters. The Kier molecular flexibility index (Phi) is 3.79. The van der Waals surface area contributed by atoms with Gasteiger partial charge in [0.2, 0.25) is 0 Å². The first-order valence-corrected chi connectivity index (χ1v) is 4.58. The number of nitrogens with zero attached hydrogens (tertiary/aromatic N) is 1. The van der Waals surface area contributed by atoms with Crippen LogP contribution in [0.4, 0.5) is 26.1 Å².